The van der Waals surface area contributed by atoms with E-state index in [1.165, 1.54) is 19.5 Å². The lowest BCUT2D eigenvalue weighted by Gasteiger charge is -2.23. The van der Waals surface area contributed by atoms with Crippen LogP contribution in [0.5, 0.6) is 0 Å². The predicted octanol–water partition coefficient (Wildman–Crippen LogP) is 1.71. The van der Waals surface area contributed by atoms with Gasteiger partial charge in [-0.05, 0) is 46.2 Å². The smallest absolute Gasteiger partial charge is 0.00795 e. The molecule has 0 radical (unpaired) electrons. The second-order valence-electron chi connectivity index (χ2n) is 4.48. The fourth-order valence-electron chi connectivity index (χ4n) is 2.18. The SMILES string of the molecule is CCNC(C)C1CCN(C(C)C)C1. The lowest BCUT2D eigenvalue weighted by molar-refractivity contribution is 0.255. The average molecular weight is 184 g/mol. The quantitative estimate of drug-likeness (QED) is 0.715. The van der Waals surface area contributed by atoms with E-state index in [-0.39, 0.29) is 0 Å². The lowest BCUT2D eigenvalue weighted by atomic mass is 10.0. The van der Waals surface area contributed by atoms with Crippen LogP contribution in [0.25, 0.3) is 0 Å². The van der Waals surface area contributed by atoms with Crippen molar-refractivity contribution >= 4 is 0 Å². The van der Waals surface area contributed by atoms with Gasteiger partial charge in [0.25, 0.3) is 0 Å². The van der Waals surface area contributed by atoms with Crippen molar-refractivity contribution < 1.29 is 0 Å². The van der Waals surface area contributed by atoms with Gasteiger partial charge in [-0.2, -0.15) is 0 Å². The summed E-state index contributed by atoms with van der Waals surface area (Å²) in [6, 6.07) is 1.41. The summed E-state index contributed by atoms with van der Waals surface area (Å²) >= 11 is 0. The van der Waals surface area contributed by atoms with Gasteiger partial charge in [-0.1, -0.05) is 6.92 Å². The molecule has 0 aromatic rings. The van der Waals surface area contributed by atoms with E-state index in [9.17, 15) is 0 Å². The zero-order chi connectivity index (χ0) is 9.84. The second kappa shape index (κ2) is 4.97. The number of hydrogen-bond acceptors (Lipinski definition) is 2. The molecular weight excluding hydrogens is 160 g/mol. The van der Waals surface area contributed by atoms with Crippen LogP contribution in [0.2, 0.25) is 0 Å². The third-order valence-corrected chi connectivity index (χ3v) is 3.22. The Bertz CT molecular complexity index is 145. The van der Waals surface area contributed by atoms with Gasteiger partial charge in [-0.3, -0.25) is 0 Å². The molecule has 0 aromatic heterocycles. The van der Waals surface area contributed by atoms with Crippen molar-refractivity contribution in [1.82, 2.24) is 10.2 Å². The van der Waals surface area contributed by atoms with E-state index in [0.29, 0.717) is 6.04 Å². The third kappa shape index (κ3) is 2.96. The number of likely N-dealkylation sites (tertiary alicyclic amines) is 1. The Morgan fingerprint density at radius 1 is 1.38 bits per heavy atom. The number of rotatable bonds is 4. The van der Waals surface area contributed by atoms with Gasteiger partial charge in [-0.15, -0.1) is 0 Å². The maximum atomic E-state index is 3.52. The summed E-state index contributed by atoms with van der Waals surface area (Å²) in [7, 11) is 0. The summed E-state index contributed by atoms with van der Waals surface area (Å²) in [6.45, 7) is 12.8. The Kier molecular flexibility index (Phi) is 4.20. The molecule has 0 aliphatic carbocycles. The molecule has 0 amide bonds. The van der Waals surface area contributed by atoms with Gasteiger partial charge in [0.1, 0.15) is 0 Å². The Labute approximate surface area is 82.7 Å². The molecule has 2 nitrogen and oxygen atoms in total. The minimum absolute atomic E-state index is 0.689. The van der Waals surface area contributed by atoms with Crippen molar-refractivity contribution in [2.24, 2.45) is 5.92 Å². The highest BCUT2D eigenvalue weighted by Gasteiger charge is 2.27. The topological polar surface area (TPSA) is 15.3 Å². The molecule has 1 aliphatic heterocycles. The molecule has 1 saturated heterocycles. The molecule has 0 aromatic carbocycles. The van der Waals surface area contributed by atoms with Gasteiger partial charge < -0.3 is 10.2 Å². The molecule has 0 saturated carbocycles. The Hall–Kier alpha value is -0.0800. The van der Waals surface area contributed by atoms with Gasteiger partial charge in [0.05, 0.1) is 0 Å². The maximum Gasteiger partial charge on any atom is 0.00795 e. The minimum atomic E-state index is 0.689. The summed E-state index contributed by atoms with van der Waals surface area (Å²) in [4.78, 5) is 2.58. The number of nitrogens with one attached hydrogen (secondary N) is 1. The van der Waals surface area contributed by atoms with Gasteiger partial charge >= 0.3 is 0 Å². The molecular formula is C11H24N2. The van der Waals surface area contributed by atoms with E-state index < -0.39 is 0 Å². The van der Waals surface area contributed by atoms with Gasteiger partial charge in [0, 0.05) is 18.6 Å². The zero-order valence-corrected chi connectivity index (χ0v) is 9.51. The summed E-state index contributed by atoms with van der Waals surface area (Å²) < 4.78 is 0. The highest BCUT2D eigenvalue weighted by atomic mass is 15.2. The molecule has 1 N–H and O–H groups in total. The molecule has 1 fully saturated rings. The van der Waals surface area contributed by atoms with Crippen LogP contribution in [-0.2, 0) is 0 Å². The molecule has 2 atom stereocenters. The van der Waals surface area contributed by atoms with Crippen LogP contribution in [0, 0.1) is 5.92 Å². The Balaban J connectivity index is 2.31. The molecule has 1 rings (SSSR count). The van der Waals surface area contributed by atoms with Gasteiger partial charge in [0.15, 0.2) is 0 Å². The first kappa shape index (κ1) is 11.0. The Morgan fingerprint density at radius 2 is 2.08 bits per heavy atom. The molecule has 1 aliphatic rings. The Morgan fingerprint density at radius 3 is 2.54 bits per heavy atom. The summed E-state index contributed by atoms with van der Waals surface area (Å²) in [5, 5.41) is 3.52. The van der Waals surface area contributed by atoms with E-state index in [1.54, 1.807) is 0 Å². The van der Waals surface area contributed by atoms with Crippen LogP contribution >= 0.6 is 0 Å². The van der Waals surface area contributed by atoms with E-state index in [4.69, 9.17) is 0 Å². The van der Waals surface area contributed by atoms with Crippen LogP contribution in [-0.4, -0.2) is 36.6 Å². The average Bonchev–Trinajstić information content (AvgIpc) is 2.52. The molecule has 1 heterocycles. The highest BCUT2D eigenvalue weighted by Crippen LogP contribution is 2.21. The molecule has 2 unspecified atom stereocenters. The van der Waals surface area contributed by atoms with Crippen molar-refractivity contribution in [3.8, 4) is 0 Å². The van der Waals surface area contributed by atoms with Crippen molar-refractivity contribution in [1.29, 1.82) is 0 Å². The molecule has 78 valence electrons. The monoisotopic (exact) mass is 184 g/mol. The predicted molar refractivity (Wildman–Crippen MR) is 58.0 cm³/mol. The van der Waals surface area contributed by atoms with E-state index in [0.717, 1.165) is 18.5 Å². The van der Waals surface area contributed by atoms with Crippen molar-refractivity contribution in [2.45, 2.75) is 46.2 Å². The first-order valence-corrected chi connectivity index (χ1v) is 5.62. The first-order valence-electron chi connectivity index (χ1n) is 5.62. The molecule has 0 bridgehead atoms. The minimum Gasteiger partial charge on any atom is -0.314 e. The van der Waals surface area contributed by atoms with E-state index in [2.05, 4.69) is 37.9 Å². The fourth-order valence-corrected chi connectivity index (χ4v) is 2.18. The van der Waals surface area contributed by atoms with Crippen LogP contribution in [0.4, 0.5) is 0 Å². The maximum absolute atomic E-state index is 3.52. The summed E-state index contributed by atoms with van der Waals surface area (Å²) in [5.41, 5.74) is 0. The number of hydrogen-bond donors (Lipinski definition) is 1. The standard InChI is InChI=1S/C11H24N2/c1-5-12-10(4)11-6-7-13(8-11)9(2)3/h9-12H,5-8H2,1-4H3. The van der Waals surface area contributed by atoms with Gasteiger partial charge in [0.2, 0.25) is 0 Å². The summed E-state index contributed by atoms with van der Waals surface area (Å²) in [6.07, 6.45) is 1.37. The van der Waals surface area contributed by atoms with Crippen molar-refractivity contribution in [2.75, 3.05) is 19.6 Å². The van der Waals surface area contributed by atoms with Crippen molar-refractivity contribution in [3.05, 3.63) is 0 Å². The largest absolute Gasteiger partial charge is 0.314 e. The van der Waals surface area contributed by atoms with Crippen LogP contribution in [0.15, 0.2) is 0 Å². The molecule has 2 heteroatoms. The van der Waals surface area contributed by atoms with Crippen molar-refractivity contribution in [3.63, 3.8) is 0 Å². The van der Waals surface area contributed by atoms with E-state index >= 15 is 0 Å². The third-order valence-electron chi connectivity index (χ3n) is 3.22. The fraction of sp³-hybridized carbons (Fsp3) is 1.00. The van der Waals surface area contributed by atoms with Crippen LogP contribution in [0.1, 0.15) is 34.1 Å². The van der Waals surface area contributed by atoms with Crippen LogP contribution < -0.4 is 5.32 Å². The summed E-state index contributed by atoms with van der Waals surface area (Å²) in [5.74, 6) is 0.863. The zero-order valence-electron chi connectivity index (χ0n) is 9.51. The first-order chi connectivity index (χ1) is 6.15. The lowest BCUT2D eigenvalue weighted by Crippen LogP contribution is -2.36. The normalized spacial score (nSPS) is 27.0. The van der Waals surface area contributed by atoms with Crippen LogP contribution in [0.3, 0.4) is 0 Å². The second-order valence-corrected chi connectivity index (χ2v) is 4.48. The van der Waals surface area contributed by atoms with E-state index in [1.807, 2.05) is 0 Å². The molecule has 0 spiro atoms. The highest BCUT2D eigenvalue weighted by molar-refractivity contribution is 4.83. The molecule has 13 heavy (non-hydrogen) atoms. The number of nitrogens with zero attached hydrogens (tertiary/aromatic N) is 1. The van der Waals surface area contributed by atoms with Gasteiger partial charge in [-0.25, -0.2) is 0 Å².